The molecule has 7 heteroatoms. The van der Waals surface area contributed by atoms with Gasteiger partial charge in [0.2, 0.25) is 5.28 Å². The third kappa shape index (κ3) is 2.23. The molecule has 0 unspecified atom stereocenters. The van der Waals surface area contributed by atoms with Gasteiger partial charge in [0.1, 0.15) is 18.3 Å². The Morgan fingerprint density at radius 1 is 1.24 bits per heavy atom. The molecule has 1 aliphatic rings. The van der Waals surface area contributed by atoms with Crippen molar-refractivity contribution in [2.24, 2.45) is 0 Å². The largest absolute Gasteiger partial charge is 0.394 e. The summed E-state index contributed by atoms with van der Waals surface area (Å²) in [6, 6.07) is 3.83. The molecule has 0 bridgehead atoms. The topological polar surface area (TPSA) is 87.7 Å². The van der Waals surface area contributed by atoms with Crippen molar-refractivity contribution in [3.05, 3.63) is 28.5 Å². The molecule has 3 rings (SSSR count). The fourth-order valence-electron chi connectivity index (χ4n) is 2.66. The van der Waals surface area contributed by atoms with E-state index in [9.17, 15) is 15.3 Å². The summed E-state index contributed by atoms with van der Waals surface area (Å²) in [5, 5.41) is 29.4. The number of hydrogen-bond acceptors (Lipinski definition) is 5. The fourth-order valence-corrected chi connectivity index (χ4v) is 2.93. The number of halogens is 1. The van der Waals surface area contributed by atoms with E-state index in [1.54, 1.807) is 4.57 Å². The van der Waals surface area contributed by atoms with Crippen LogP contribution in [-0.2, 0) is 4.74 Å². The summed E-state index contributed by atoms with van der Waals surface area (Å²) in [6.07, 6.45) is -4.07. The highest BCUT2D eigenvalue weighted by Crippen LogP contribution is 2.35. The van der Waals surface area contributed by atoms with Crippen molar-refractivity contribution in [2.45, 2.75) is 38.4 Å². The Kier molecular flexibility index (Phi) is 3.67. The van der Waals surface area contributed by atoms with Gasteiger partial charge in [-0.2, -0.15) is 0 Å². The zero-order valence-electron chi connectivity index (χ0n) is 11.7. The summed E-state index contributed by atoms with van der Waals surface area (Å²) in [4.78, 5) is 4.26. The summed E-state index contributed by atoms with van der Waals surface area (Å²) in [6.45, 7) is 3.57. The van der Waals surface area contributed by atoms with E-state index in [4.69, 9.17) is 16.3 Å². The minimum absolute atomic E-state index is 0.171. The van der Waals surface area contributed by atoms with Gasteiger partial charge in [-0.25, -0.2) is 4.98 Å². The molecule has 0 radical (unpaired) electrons. The van der Waals surface area contributed by atoms with Crippen molar-refractivity contribution in [1.29, 1.82) is 0 Å². The molecule has 1 aromatic heterocycles. The lowest BCUT2D eigenvalue weighted by molar-refractivity contribution is -0.0507. The number of fused-ring (bicyclic) bond motifs is 1. The van der Waals surface area contributed by atoms with Gasteiger partial charge in [-0.3, -0.25) is 4.57 Å². The Hall–Kier alpha value is -1.18. The Balaban J connectivity index is 2.12. The molecule has 1 saturated heterocycles. The van der Waals surface area contributed by atoms with Crippen LogP contribution in [-0.4, -0.2) is 49.8 Å². The van der Waals surface area contributed by atoms with Crippen molar-refractivity contribution in [3.8, 4) is 0 Å². The first-order valence-electron chi connectivity index (χ1n) is 6.71. The molecule has 0 spiro atoms. The number of aliphatic hydroxyl groups excluding tert-OH is 3. The molecule has 0 amide bonds. The Bertz CT molecular complexity index is 687. The van der Waals surface area contributed by atoms with Crippen LogP contribution in [0.5, 0.6) is 0 Å². The molecule has 3 N–H and O–H groups in total. The zero-order chi connectivity index (χ0) is 15.3. The lowest BCUT2D eigenvalue weighted by atomic mass is 10.1. The number of benzene rings is 1. The quantitative estimate of drug-likeness (QED) is 0.767. The number of aryl methyl sites for hydroxylation is 2. The van der Waals surface area contributed by atoms with Crippen LogP contribution in [0.25, 0.3) is 11.0 Å². The highest BCUT2D eigenvalue weighted by Gasteiger charge is 2.44. The lowest BCUT2D eigenvalue weighted by Crippen LogP contribution is -2.33. The molecule has 21 heavy (non-hydrogen) atoms. The summed E-state index contributed by atoms with van der Waals surface area (Å²) < 4.78 is 7.08. The van der Waals surface area contributed by atoms with Gasteiger partial charge in [-0.05, 0) is 48.7 Å². The van der Waals surface area contributed by atoms with Crippen LogP contribution in [0.1, 0.15) is 17.4 Å². The maximum atomic E-state index is 10.1. The van der Waals surface area contributed by atoms with Crippen LogP contribution < -0.4 is 0 Å². The van der Waals surface area contributed by atoms with Crippen molar-refractivity contribution in [1.82, 2.24) is 9.55 Å². The monoisotopic (exact) mass is 312 g/mol. The maximum absolute atomic E-state index is 10.1. The van der Waals surface area contributed by atoms with Crippen LogP contribution in [0, 0.1) is 13.8 Å². The Morgan fingerprint density at radius 2 is 1.90 bits per heavy atom. The van der Waals surface area contributed by atoms with E-state index >= 15 is 0 Å². The molecule has 114 valence electrons. The van der Waals surface area contributed by atoms with Gasteiger partial charge >= 0.3 is 0 Å². The molecule has 1 aliphatic heterocycles. The smallest absolute Gasteiger partial charge is 0.205 e. The van der Waals surface area contributed by atoms with Crippen molar-refractivity contribution in [3.63, 3.8) is 0 Å². The predicted octanol–water partition coefficient (Wildman–Crippen LogP) is 0.918. The number of ether oxygens (including phenoxy) is 1. The highest BCUT2D eigenvalue weighted by molar-refractivity contribution is 6.29. The van der Waals surface area contributed by atoms with Gasteiger partial charge in [-0.1, -0.05) is 0 Å². The molecular weight excluding hydrogens is 296 g/mol. The lowest BCUT2D eigenvalue weighted by Gasteiger charge is -2.18. The molecule has 6 nitrogen and oxygen atoms in total. The predicted molar refractivity (Wildman–Crippen MR) is 77.2 cm³/mol. The average molecular weight is 313 g/mol. The van der Waals surface area contributed by atoms with Crippen LogP contribution in [0.2, 0.25) is 5.28 Å². The molecule has 2 heterocycles. The summed E-state index contributed by atoms with van der Waals surface area (Å²) in [5.41, 5.74) is 3.57. The number of aromatic nitrogens is 2. The van der Waals surface area contributed by atoms with Crippen LogP contribution in [0.15, 0.2) is 12.1 Å². The second-order valence-corrected chi connectivity index (χ2v) is 5.74. The normalized spacial score (nSPS) is 29.4. The van der Waals surface area contributed by atoms with Crippen molar-refractivity contribution >= 4 is 22.6 Å². The van der Waals surface area contributed by atoms with E-state index in [1.807, 2.05) is 26.0 Å². The van der Waals surface area contributed by atoms with E-state index < -0.39 is 24.5 Å². The molecule has 0 aliphatic carbocycles. The fraction of sp³-hybridized carbons (Fsp3) is 0.500. The Labute approximate surface area is 126 Å². The molecular formula is C14H17ClN2O4. The van der Waals surface area contributed by atoms with Gasteiger partial charge in [-0.15, -0.1) is 0 Å². The third-order valence-electron chi connectivity index (χ3n) is 4.03. The SMILES string of the molecule is Cc1cc2nc(Cl)n([C@H]3O[C@@H](CO)[C@@H](O)[C@H]3O)c2cc1C. The summed E-state index contributed by atoms with van der Waals surface area (Å²) in [7, 11) is 0. The van der Waals surface area contributed by atoms with Crippen molar-refractivity contribution < 1.29 is 20.1 Å². The number of rotatable bonds is 2. The minimum Gasteiger partial charge on any atom is -0.394 e. The molecule has 2 aromatic rings. The maximum Gasteiger partial charge on any atom is 0.205 e. The third-order valence-corrected chi connectivity index (χ3v) is 4.30. The van der Waals surface area contributed by atoms with Gasteiger partial charge in [0.15, 0.2) is 6.23 Å². The van der Waals surface area contributed by atoms with Gasteiger partial charge in [0, 0.05) is 0 Å². The molecule has 1 fully saturated rings. The Morgan fingerprint density at radius 3 is 2.52 bits per heavy atom. The molecule has 0 saturated carbocycles. The van der Waals surface area contributed by atoms with E-state index in [1.165, 1.54) is 0 Å². The van der Waals surface area contributed by atoms with E-state index in [0.29, 0.717) is 5.52 Å². The number of aliphatic hydroxyl groups is 3. The number of imidazole rings is 1. The second-order valence-electron chi connectivity index (χ2n) is 5.40. The first-order valence-corrected chi connectivity index (χ1v) is 7.09. The number of nitrogens with zero attached hydrogens (tertiary/aromatic N) is 2. The molecule has 4 atom stereocenters. The van der Waals surface area contributed by atoms with Gasteiger partial charge in [0.05, 0.1) is 17.6 Å². The van der Waals surface area contributed by atoms with Crippen LogP contribution >= 0.6 is 11.6 Å². The zero-order valence-corrected chi connectivity index (χ0v) is 12.4. The average Bonchev–Trinajstić information content (AvgIpc) is 2.89. The first-order chi connectivity index (χ1) is 9.93. The second kappa shape index (κ2) is 5.23. The van der Waals surface area contributed by atoms with E-state index in [-0.39, 0.29) is 11.9 Å². The van der Waals surface area contributed by atoms with E-state index in [2.05, 4.69) is 4.98 Å². The first kappa shape index (κ1) is 14.7. The van der Waals surface area contributed by atoms with Crippen LogP contribution in [0.3, 0.4) is 0 Å². The number of hydrogen-bond donors (Lipinski definition) is 3. The van der Waals surface area contributed by atoms with Crippen LogP contribution in [0.4, 0.5) is 0 Å². The highest BCUT2D eigenvalue weighted by atomic mass is 35.5. The summed E-state index contributed by atoms with van der Waals surface area (Å²) in [5.74, 6) is 0. The van der Waals surface area contributed by atoms with E-state index in [0.717, 1.165) is 16.6 Å². The minimum atomic E-state index is -1.18. The standard InChI is InChI=1S/C14H17ClN2O4/c1-6-3-8-9(4-7(6)2)17(14(15)16-8)13-12(20)11(19)10(5-18)21-13/h3-4,10-13,18-20H,5H2,1-2H3/t10-,11+,12+,13-/m0/s1. The van der Waals surface area contributed by atoms with Gasteiger partial charge in [0.25, 0.3) is 0 Å². The van der Waals surface area contributed by atoms with Crippen molar-refractivity contribution in [2.75, 3.05) is 6.61 Å². The molecule has 1 aromatic carbocycles. The van der Waals surface area contributed by atoms with Gasteiger partial charge < -0.3 is 20.1 Å². The summed E-state index contributed by atoms with van der Waals surface area (Å²) >= 11 is 6.17.